The lowest BCUT2D eigenvalue weighted by Crippen LogP contribution is -2.50. The Labute approximate surface area is 145 Å². The molecule has 4 rings (SSSR count). The van der Waals surface area contributed by atoms with Crippen molar-refractivity contribution < 1.29 is 14.3 Å². The van der Waals surface area contributed by atoms with Crippen molar-refractivity contribution in [2.75, 3.05) is 0 Å². The van der Waals surface area contributed by atoms with E-state index in [1.54, 1.807) is 0 Å². The Morgan fingerprint density at radius 3 is 2.58 bits per heavy atom. The first-order chi connectivity index (χ1) is 11.4. The second kappa shape index (κ2) is 5.85. The Hall–Kier alpha value is -0.860. The van der Waals surface area contributed by atoms with E-state index in [1.165, 1.54) is 45.4 Å². The van der Waals surface area contributed by atoms with Crippen LogP contribution in [0.2, 0.25) is 0 Å². The van der Waals surface area contributed by atoms with Crippen LogP contribution < -0.4 is 0 Å². The number of rotatable bonds is 1. The van der Waals surface area contributed by atoms with Crippen molar-refractivity contribution in [1.82, 2.24) is 0 Å². The molecule has 0 heterocycles. The molecule has 8 atom stereocenters. The molecule has 24 heavy (non-hydrogen) atoms. The highest BCUT2D eigenvalue weighted by Crippen LogP contribution is 2.62. The molecular weight excluding hydrogens is 300 g/mol. The summed E-state index contributed by atoms with van der Waals surface area (Å²) in [6.45, 7) is 6.07. The first-order valence-electron chi connectivity index (χ1n) is 10.1. The molecule has 4 saturated carbocycles. The van der Waals surface area contributed by atoms with Crippen LogP contribution in [0.3, 0.4) is 0 Å². The normalized spacial score (nSPS) is 50.6. The first-order valence-corrected chi connectivity index (χ1v) is 10.1. The standard InChI is InChI=1S/C21H32O3/c1-12-4-6-15-14(10-12)5-7-17-16(15)8-9-21(3)18(17)11-19(23)20(21)24-13(2)22/h12,14-18,20H,4-11H2,1-3H3/t12-,14+,15+,16-,17-,18+,20+,21+/m0/s1. The van der Waals surface area contributed by atoms with Crippen LogP contribution >= 0.6 is 0 Å². The molecule has 0 aromatic carbocycles. The molecule has 3 nitrogen and oxygen atoms in total. The number of carbonyl (C=O) groups is 2. The van der Waals surface area contributed by atoms with Gasteiger partial charge in [0.15, 0.2) is 11.9 Å². The predicted molar refractivity (Wildman–Crippen MR) is 92.2 cm³/mol. The van der Waals surface area contributed by atoms with E-state index in [0.717, 1.165) is 30.1 Å². The Morgan fingerprint density at radius 2 is 1.83 bits per heavy atom. The molecule has 0 aromatic heterocycles. The fourth-order valence-electron chi connectivity index (χ4n) is 7.20. The van der Waals surface area contributed by atoms with Gasteiger partial charge in [-0.15, -0.1) is 0 Å². The average molecular weight is 332 g/mol. The van der Waals surface area contributed by atoms with Crippen LogP contribution in [0.1, 0.15) is 72.1 Å². The van der Waals surface area contributed by atoms with Gasteiger partial charge in [0.2, 0.25) is 0 Å². The zero-order valence-electron chi connectivity index (χ0n) is 15.4. The average Bonchev–Trinajstić information content (AvgIpc) is 2.78. The zero-order valence-corrected chi connectivity index (χ0v) is 15.4. The van der Waals surface area contributed by atoms with Gasteiger partial charge in [-0.05, 0) is 74.0 Å². The van der Waals surface area contributed by atoms with Gasteiger partial charge in [-0.3, -0.25) is 9.59 Å². The summed E-state index contributed by atoms with van der Waals surface area (Å²) in [6, 6.07) is 0. The van der Waals surface area contributed by atoms with Crippen LogP contribution in [-0.2, 0) is 14.3 Å². The van der Waals surface area contributed by atoms with Gasteiger partial charge in [0.25, 0.3) is 0 Å². The molecule has 0 aliphatic heterocycles. The van der Waals surface area contributed by atoms with Crippen molar-refractivity contribution in [3.05, 3.63) is 0 Å². The monoisotopic (exact) mass is 332 g/mol. The van der Waals surface area contributed by atoms with E-state index < -0.39 is 6.10 Å². The van der Waals surface area contributed by atoms with Crippen molar-refractivity contribution in [2.24, 2.45) is 40.9 Å². The molecule has 0 saturated heterocycles. The van der Waals surface area contributed by atoms with Crippen molar-refractivity contribution in [3.8, 4) is 0 Å². The van der Waals surface area contributed by atoms with E-state index in [0.29, 0.717) is 18.3 Å². The number of ketones is 1. The Kier molecular flexibility index (Phi) is 4.04. The molecule has 4 aliphatic carbocycles. The van der Waals surface area contributed by atoms with E-state index in [1.807, 2.05) is 0 Å². The summed E-state index contributed by atoms with van der Waals surface area (Å²) in [5.74, 6) is 4.54. The minimum absolute atomic E-state index is 0.112. The van der Waals surface area contributed by atoms with Crippen LogP contribution in [0, 0.1) is 40.9 Å². The van der Waals surface area contributed by atoms with Gasteiger partial charge >= 0.3 is 5.97 Å². The van der Waals surface area contributed by atoms with Crippen LogP contribution in [0.15, 0.2) is 0 Å². The zero-order chi connectivity index (χ0) is 17.1. The number of esters is 1. The van der Waals surface area contributed by atoms with Gasteiger partial charge in [0.05, 0.1) is 0 Å². The molecule has 0 bridgehead atoms. The van der Waals surface area contributed by atoms with Crippen molar-refractivity contribution >= 4 is 11.8 Å². The largest absolute Gasteiger partial charge is 0.454 e. The summed E-state index contributed by atoms with van der Waals surface area (Å²) in [7, 11) is 0. The SMILES string of the molecule is CC(=O)O[C@@H]1C(=O)C[C@@H]2[C@H]3CC[C@@H]4C[C@@H](C)CC[C@H]4[C@@H]3CC[C@@]12C. The highest BCUT2D eigenvalue weighted by molar-refractivity contribution is 5.89. The van der Waals surface area contributed by atoms with E-state index in [-0.39, 0.29) is 17.2 Å². The minimum Gasteiger partial charge on any atom is -0.454 e. The molecule has 0 aromatic rings. The van der Waals surface area contributed by atoms with Crippen LogP contribution in [0.25, 0.3) is 0 Å². The fraction of sp³-hybridized carbons (Fsp3) is 0.905. The summed E-state index contributed by atoms with van der Waals surface area (Å²) in [6.07, 6.45) is 9.31. The van der Waals surface area contributed by atoms with Gasteiger partial charge in [-0.2, -0.15) is 0 Å². The lowest BCUT2D eigenvalue weighted by atomic mass is 9.50. The third-order valence-electron chi connectivity index (χ3n) is 8.25. The number of fused-ring (bicyclic) bond motifs is 5. The van der Waals surface area contributed by atoms with Gasteiger partial charge < -0.3 is 4.74 Å². The maximum atomic E-state index is 12.6. The van der Waals surface area contributed by atoms with E-state index in [9.17, 15) is 9.59 Å². The molecular formula is C21H32O3. The van der Waals surface area contributed by atoms with E-state index >= 15 is 0 Å². The number of hydrogen-bond donors (Lipinski definition) is 0. The minimum atomic E-state index is -0.481. The predicted octanol–water partition coefficient (Wildman–Crippen LogP) is 4.39. The number of ether oxygens (including phenoxy) is 1. The number of carbonyl (C=O) groups excluding carboxylic acids is 2. The van der Waals surface area contributed by atoms with Crippen LogP contribution in [-0.4, -0.2) is 17.9 Å². The van der Waals surface area contributed by atoms with Gasteiger partial charge in [0, 0.05) is 18.8 Å². The van der Waals surface area contributed by atoms with E-state index in [4.69, 9.17) is 4.74 Å². The molecule has 4 aliphatic rings. The smallest absolute Gasteiger partial charge is 0.303 e. The molecule has 0 unspecified atom stereocenters. The second-order valence-corrected chi connectivity index (χ2v) is 9.56. The number of Topliss-reactive ketones (excluding diaryl/α,β-unsaturated/α-hetero) is 1. The number of hydrogen-bond acceptors (Lipinski definition) is 3. The molecule has 0 amide bonds. The van der Waals surface area contributed by atoms with Crippen molar-refractivity contribution in [1.29, 1.82) is 0 Å². The molecule has 134 valence electrons. The summed E-state index contributed by atoms with van der Waals surface area (Å²) in [5, 5.41) is 0. The molecule has 0 spiro atoms. The summed E-state index contributed by atoms with van der Waals surface area (Å²) >= 11 is 0. The maximum absolute atomic E-state index is 12.6. The molecule has 0 N–H and O–H groups in total. The fourth-order valence-corrected chi connectivity index (χ4v) is 7.20. The summed E-state index contributed by atoms with van der Waals surface area (Å²) < 4.78 is 5.51. The maximum Gasteiger partial charge on any atom is 0.303 e. The van der Waals surface area contributed by atoms with Gasteiger partial charge in [-0.25, -0.2) is 0 Å². The topological polar surface area (TPSA) is 43.4 Å². The molecule has 3 heteroatoms. The lowest BCUT2D eigenvalue weighted by molar-refractivity contribution is -0.162. The van der Waals surface area contributed by atoms with Crippen molar-refractivity contribution in [2.45, 2.75) is 78.2 Å². The Morgan fingerprint density at radius 1 is 1.08 bits per heavy atom. The highest BCUT2D eigenvalue weighted by Gasteiger charge is 2.61. The third-order valence-corrected chi connectivity index (χ3v) is 8.25. The van der Waals surface area contributed by atoms with Crippen LogP contribution in [0.4, 0.5) is 0 Å². The lowest BCUT2D eigenvalue weighted by Gasteiger charge is -2.55. The summed E-state index contributed by atoms with van der Waals surface area (Å²) in [5.41, 5.74) is -0.112. The second-order valence-electron chi connectivity index (χ2n) is 9.56. The Bertz CT molecular complexity index is 541. The molecule has 4 fully saturated rings. The summed E-state index contributed by atoms with van der Waals surface area (Å²) in [4.78, 5) is 24.1. The van der Waals surface area contributed by atoms with Crippen molar-refractivity contribution in [3.63, 3.8) is 0 Å². The quantitative estimate of drug-likeness (QED) is 0.669. The Balaban J connectivity index is 1.57. The van der Waals surface area contributed by atoms with Crippen LogP contribution in [0.5, 0.6) is 0 Å². The first kappa shape index (κ1) is 16.6. The van der Waals surface area contributed by atoms with Gasteiger partial charge in [-0.1, -0.05) is 20.3 Å². The van der Waals surface area contributed by atoms with Gasteiger partial charge in [0.1, 0.15) is 0 Å². The third kappa shape index (κ3) is 2.45. The molecule has 0 radical (unpaired) electrons. The van der Waals surface area contributed by atoms with E-state index in [2.05, 4.69) is 13.8 Å². The highest BCUT2D eigenvalue weighted by atomic mass is 16.5.